The Kier molecular flexibility index (Phi) is 3.47. The molecule has 120 valence electrons. The zero-order chi connectivity index (χ0) is 16.8. The van der Waals surface area contributed by atoms with Gasteiger partial charge in [-0.3, -0.25) is 10.1 Å². The zero-order valence-electron chi connectivity index (χ0n) is 13.1. The van der Waals surface area contributed by atoms with Crippen molar-refractivity contribution in [2.24, 2.45) is 0 Å². The molecule has 0 aliphatic rings. The third-order valence-corrected chi connectivity index (χ3v) is 5.79. The smallest absolute Gasteiger partial charge is 0.269 e. The van der Waals surface area contributed by atoms with Crippen molar-refractivity contribution >= 4 is 59.8 Å². The van der Waals surface area contributed by atoms with Gasteiger partial charge < -0.3 is 5.73 Å². The van der Waals surface area contributed by atoms with Gasteiger partial charge in [0.05, 0.1) is 15.9 Å². The van der Waals surface area contributed by atoms with Crippen LogP contribution >= 0.6 is 22.7 Å². The minimum atomic E-state index is -0.244. The number of anilines is 2. The Hall–Kier alpha value is -2.51. The lowest BCUT2D eigenvalue weighted by atomic mass is 10.1. The van der Waals surface area contributed by atoms with Crippen molar-refractivity contribution in [1.29, 1.82) is 0 Å². The van der Waals surface area contributed by atoms with E-state index < -0.39 is 0 Å². The van der Waals surface area contributed by atoms with Crippen LogP contribution in [-0.4, -0.2) is 15.9 Å². The summed E-state index contributed by atoms with van der Waals surface area (Å²) >= 11 is 2.76. The van der Waals surface area contributed by atoms with Crippen LogP contribution in [0.4, 0.5) is 10.8 Å². The number of fused-ring (bicyclic) bond motifs is 2. The van der Waals surface area contributed by atoms with Crippen LogP contribution in [-0.2, 0) is 0 Å². The second-order valence-electron chi connectivity index (χ2n) is 5.55. The number of aryl methyl sites for hydroxylation is 2. The lowest BCUT2D eigenvalue weighted by molar-refractivity contribution is 0.103. The minimum Gasteiger partial charge on any atom is -0.397 e. The van der Waals surface area contributed by atoms with Crippen LogP contribution in [0.5, 0.6) is 0 Å². The van der Waals surface area contributed by atoms with Gasteiger partial charge in [-0.2, -0.15) is 0 Å². The van der Waals surface area contributed by atoms with E-state index in [1.165, 1.54) is 22.7 Å². The Morgan fingerprint density at radius 2 is 1.96 bits per heavy atom. The van der Waals surface area contributed by atoms with E-state index in [1.54, 1.807) is 0 Å². The molecule has 4 rings (SSSR count). The maximum absolute atomic E-state index is 12.6. The number of aromatic nitrogens is 2. The Morgan fingerprint density at radius 3 is 2.75 bits per heavy atom. The number of thiazole rings is 1. The molecule has 0 saturated carbocycles. The van der Waals surface area contributed by atoms with Gasteiger partial charge in [-0.1, -0.05) is 23.5 Å². The number of carbonyl (C=O) groups is 1. The molecule has 4 aromatic rings. The molecule has 3 N–H and O–H groups in total. The van der Waals surface area contributed by atoms with Crippen molar-refractivity contribution in [2.75, 3.05) is 11.1 Å². The molecule has 0 radical (unpaired) electrons. The van der Waals surface area contributed by atoms with Gasteiger partial charge in [-0.05, 0) is 37.6 Å². The molecule has 1 amide bonds. The van der Waals surface area contributed by atoms with E-state index in [4.69, 9.17) is 5.73 Å². The SMILES string of the molecule is Cc1cc(C)c2c(N)c(C(=O)Nc3nc4ccccc4s3)sc2n1. The van der Waals surface area contributed by atoms with Crippen LogP contribution in [0.25, 0.3) is 20.4 Å². The van der Waals surface area contributed by atoms with Gasteiger partial charge in [0, 0.05) is 11.1 Å². The molecule has 0 fully saturated rings. The number of amides is 1. The number of hydrogen-bond acceptors (Lipinski definition) is 6. The number of para-hydroxylation sites is 1. The molecular formula is C17H14N4OS2. The predicted octanol–water partition coefficient (Wildman–Crippen LogP) is 4.36. The number of carbonyl (C=O) groups excluding carboxylic acids is 1. The fourth-order valence-electron chi connectivity index (χ4n) is 2.72. The lowest BCUT2D eigenvalue weighted by Gasteiger charge is -2.01. The molecule has 0 spiro atoms. The molecule has 0 unspecified atom stereocenters. The summed E-state index contributed by atoms with van der Waals surface area (Å²) in [6.07, 6.45) is 0. The Morgan fingerprint density at radius 1 is 1.17 bits per heavy atom. The number of rotatable bonds is 2. The number of thiophene rings is 1. The van der Waals surface area contributed by atoms with Gasteiger partial charge in [-0.15, -0.1) is 11.3 Å². The molecule has 0 saturated heterocycles. The molecule has 3 heterocycles. The van der Waals surface area contributed by atoms with Crippen LogP contribution in [0.2, 0.25) is 0 Å². The van der Waals surface area contributed by atoms with Gasteiger partial charge in [0.1, 0.15) is 9.71 Å². The van der Waals surface area contributed by atoms with E-state index in [0.29, 0.717) is 15.7 Å². The largest absolute Gasteiger partial charge is 0.397 e. The third-order valence-electron chi connectivity index (χ3n) is 3.74. The van der Waals surface area contributed by atoms with Crippen LogP contribution in [0.1, 0.15) is 20.9 Å². The molecular weight excluding hydrogens is 340 g/mol. The van der Waals surface area contributed by atoms with E-state index in [0.717, 1.165) is 31.7 Å². The predicted molar refractivity (Wildman–Crippen MR) is 101 cm³/mol. The number of nitrogens with zero attached hydrogens (tertiary/aromatic N) is 2. The highest BCUT2D eigenvalue weighted by Gasteiger charge is 2.20. The summed E-state index contributed by atoms with van der Waals surface area (Å²) in [6, 6.07) is 9.75. The standard InChI is InChI=1S/C17H14N4OS2/c1-8-7-9(2)19-16-12(8)13(18)14(24-16)15(22)21-17-20-10-5-3-4-6-11(10)23-17/h3-7H,18H2,1-2H3,(H,20,21,22). The summed E-state index contributed by atoms with van der Waals surface area (Å²) in [5, 5.41) is 4.28. The van der Waals surface area contributed by atoms with Crippen molar-refractivity contribution < 1.29 is 4.79 Å². The summed E-state index contributed by atoms with van der Waals surface area (Å²) in [7, 11) is 0. The first kappa shape index (κ1) is 15.0. The van der Waals surface area contributed by atoms with E-state index in [2.05, 4.69) is 15.3 Å². The van der Waals surface area contributed by atoms with Crippen molar-refractivity contribution in [3.05, 3.63) is 46.5 Å². The second kappa shape index (κ2) is 5.54. The number of hydrogen-bond donors (Lipinski definition) is 2. The summed E-state index contributed by atoms with van der Waals surface area (Å²) in [5.41, 5.74) is 9.52. The van der Waals surface area contributed by atoms with Crippen molar-refractivity contribution in [1.82, 2.24) is 9.97 Å². The van der Waals surface area contributed by atoms with Crippen molar-refractivity contribution in [2.45, 2.75) is 13.8 Å². The lowest BCUT2D eigenvalue weighted by Crippen LogP contribution is -2.11. The first-order chi connectivity index (χ1) is 11.5. The first-order valence-corrected chi connectivity index (χ1v) is 8.99. The quantitative estimate of drug-likeness (QED) is 0.560. The summed E-state index contributed by atoms with van der Waals surface area (Å²) in [5.74, 6) is -0.244. The molecule has 24 heavy (non-hydrogen) atoms. The number of benzene rings is 1. The summed E-state index contributed by atoms with van der Waals surface area (Å²) in [6.45, 7) is 3.92. The Balaban J connectivity index is 1.73. The van der Waals surface area contributed by atoms with Crippen molar-refractivity contribution in [3.8, 4) is 0 Å². The fraction of sp³-hybridized carbons (Fsp3) is 0.118. The summed E-state index contributed by atoms with van der Waals surface area (Å²) in [4.78, 5) is 22.8. The molecule has 0 aliphatic heterocycles. The normalized spacial score (nSPS) is 11.2. The second-order valence-corrected chi connectivity index (χ2v) is 7.58. The number of nitrogens with one attached hydrogen (secondary N) is 1. The zero-order valence-corrected chi connectivity index (χ0v) is 14.7. The molecule has 0 bridgehead atoms. The average molecular weight is 354 g/mol. The van der Waals surface area contributed by atoms with E-state index in [9.17, 15) is 4.79 Å². The molecule has 0 aliphatic carbocycles. The Labute approximate surface area is 146 Å². The molecule has 0 atom stereocenters. The van der Waals surface area contributed by atoms with Crippen LogP contribution in [0.15, 0.2) is 30.3 Å². The monoisotopic (exact) mass is 354 g/mol. The van der Waals surface area contributed by atoms with Crippen LogP contribution in [0.3, 0.4) is 0 Å². The molecule has 3 aromatic heterocycles. The topological polar surface area (TPSA) is 80.9 Å². The highest BCUT2D eigenvalue weighted by atomic mass is 32.1. The first-order valence-electron chi connectivity index (χ1n) is 7.36. The van der Waals surface area contributed by atoms with E-state index in [1.807, 2.05) is 44.2 Å². The van der Waals surface area contributed by atoms with Gasteiger partial charge in [0.25, 0.3) is 5.91 Å². The van der Waals surface area contributed by atoms with E-state index in [-0.39, 0.29) is 5.91 Å². The summed E-state index contributed by atoms with van der Waals surface area (Å²) < 4.78 is 1.03. The number of nitrogens with two attached hydrogens (primary N) is 1. The number of pyridine rings is 1. The van der Waals surface area contributed by atoms with E-state index >= 15 is 0 Å². The molecule has 7 heteroatoms. The third kappa shape index (κ3) is 2.42. The van der Waals surface area contributed by atoms with Gasteiger partial charge in [0.2, 0.25) is 0 Å². The van der Waals surface area contributed by atoms with Gasteiger partial charge in [0.15, 0.2) is 5.13 Å². The Bertz CT molecular complexity index is 1060. The fourth-order valence-corrected chi connectivity index (χ4v) is 4.69. The molecule has 1 aromatic carbocycles. The van der Waals surface area contributed by atoms with Crippen LogP contribution < -0.4 is 11.1 Å². The van der Waals surface area contributed by atoms with Crippen molar-refractivity contribution in [3.63, 3.8) is 0 Å². The van der Waals surface area contributed by atoms with Gasteiger partial charge in [-0.25, -0.2) is 9.97 Å². The maximum atomic E-state index is 12.6. The minimum absolute atomic E-state index is 0.244. The average Bonchev–Trinajstić information content (AvgIpc) is 3.07. The number of nitrogen functional groups attached to an aromatic ring is 1. The molecule has 5 nitrogen and oxygen atoms in total. The highest BCUT2D eigenvalue weighted by molar-refractivity contribution is 7.23. The highest BCUT2D eigenvalue weighted by Crippen LogP contribution is 2.36. The maximum Gasteiger partial charge on any atom is 0.269 e. The van der Waals surface area contributed by atoms with Crippen LogP contribution in [0, 0.1) is 13.8 Å². The van der Waals surface area contributed by atoms with Gasteiger partial charge >= 0.3 is 0 Å².